The van der Waals surface area contributed by atoms with Crippen molar-refractivity contribution in [3.05, 3.63) is 0 Å². The van der Waals surface area contributed by atoms with Gasteiger partial charge < -0.3 is 25.0 Å². The molecule has 0 amide bonds. The van der Waals surface area contributed by atoms with Crippen LogP contribution in [-0.4, -0.2) is 61.4 Å². The minimum absolute atomic E-state index is 0.215. The first-order chi connectivity index (χ1) is 8.56. The highest BCUT2D eigenvalue weighted by Gasteiger charge is 2.07. The van der Waals surface area contributed by atoms with E-state index in [1.165, 1.54) is 0 Å². The maximum atomic E-state index is 9.65. The predicted molar refractivity (Wildman–Crippen MR) is 71.7 cm³/mol. The molecule has 0 aliphatic carbocycles. The number of rotatable bonds is 12. The van der Waals surface area contributed by atoms with Crippen molar-refractivity contribution in [2.75, 3.05) is 33.0 Å². The zero-order chi connectivity index (χ0) is 13.8. The van der Waals surface area contributed by atoms with Gasteiger partial charge in [0, 0.05) is 19.2 Å². The van der Waals surface area contributed by atoms with E-state index in [0.29, 0.717) is 32.4 Å². The van der Waals surface area contributed by atoms with E-state index in [0.717, 1.165) is 12.8 Å². The molecular weight excluding hydrogens is 234 g/mol. The minimum atomic E-state index is -0.499. The van der Waals surface area contributed by atoms with E-state index in [9.17, 15) is 5.11 Å². The number of aliphatic hydroxyl groups excluding tert-OH is 2. The van der Waals surface area contributed by atoms with Gasteiger partial charge in [-0.1, -0.05) is 0 Å². The maximum absolute atomic E-state index is 9.65. The molecule has 0 aliphatic heterocycles. The summed E-state index contributed by atoms with van der Waals surface area (Å²) in [6.45, 7) is 8.12. The van der Waals surface area contributed by atoms with Gasteiger partial charge in [-0.15, -0.1) is 0 Å². The molecule has 0 saturated carbocycles. The van der Waals surface area contributed by atoms with Crippen LogP contribution in [-0.2, 0) is 9.47 Å². The Morgan fingerprint density at radius 3 is 2.50 bits per heavy atom. The van der Waals surface area contributed by atoms with Crippen LogP contribution in [0.25, 0.3) is 0 Å². The second-order valence-electron chi connectivity index (χ2n) is 4.82. The zero-order valence-corrected chi connectivity index (χ0v) is 11.9. The quantitative estimate of drug-likeness (QED) is 0.448. The van der Waals surface area contributed by atoms with Gasteiger partial charge >= 0.3 is 0 Å². The summed E-state index contributed by atoms with van der Waals surface area (Å²) in [5.41, 5.74) is 0. The van der Waals surface area contributed by atoms with Crippen molar-refractivity contribution in [1.82, 2.24) is 5.32 Å². The lowest BCUT2D eigenvalue weighted by Gasteiger charge is -2.17. The van der Waals surface area contributed by atoms with Gasteiger partial charge in [-0.25, -0.2) is 0 Å². The van der Waals surface area contributed by atoms with Crippen LogP contribution in [0.15, 0.2) is 0 Å². The van der Waals surface area contributed by atoms with Gasteiger partial charge in [-0.2, -0.15) is 0 Å². The average Bonchev–Trinajstić information content (AvgIpc) is 2.33. The minimum Gasteiger partial charge on any atom is -0.396 e. The van der Waals surface area contributed by atoms with Gasteiger partial charge in [0.25, 0.3) is 0 Å². The highest BCUT2D eigenvalue weighted by molar-refractivity contribution is 4.65. The molecule has 0 aromatic carbocycles. The van der Waals surface area contributed by atoms with Crippen molar-refractivity contribution in [1.29, 1.82) is 0 Å². The maximum Gasteiger partial charge on any atom is 0.0897 e. The molecule has 0 bridgehead atoms. The fraction of sp³-hybridized carbons (Fsp3) is 1.00. The number of hydrogen-bond donors (Lipinski definition) is 3. The van der Waals surface area contributed by atoms with E-state index in [1.807, 2.05) is 20.8 Å². The molecule has 3 N–H and O–H groups in total. The van der Waals surface area contributed by atoms with Gasteiger partial charge in [0.15, 0.2) is 0 Å². The molecular formula is C13H29NO4. The summed E-state index contributed by atoms with van der Waals surface area (Å²) >= 11 is 0. The van der Waals surface area contributed by atoms with Crippen LogP contribution in [0.3, 0.4) is 0 Å². The third-order valence-electron chi connectivity index (χ3n) is 2.49. The van der Waals surface area contributed by atoms with Crippen LogP contribution in [0.4, 0.5) is 0 Å². The molecule has 0 fully saturated rings. The Kier molecular flexibility index (Phi) is 11.7. The van der Waals surface area contributed by atoms with Crippen LogP contribution >= 0.6 is 0 Å². The molecule has 0 spiro atoms. The topological polar surface area (TPSA) is 71.0 Å². The molecule has 0 aromatic heterocycles. The van der Waals surface area contributed by atoms with Crippen molar-refractivity contribution in [3.8, 4) is 0 Å². The lowest BCUT2D eigenvalue weighted by Crippen LogP contribution is -2.36. The van der Waals surface area contributed by atoms with Gasteiger partial charge in [-0.3, -0.25) is 0 Å². The summed E-state index contributed by atoms with van der Waals surface area (Å²) in [4.78, 5) is 0. The smallest absolute Gasteiger partial charge is 0.0897 e. The van der Waals surface area contributed by atoms with E-state index in [1.54, 1.807) is 0 Å². The van der Waals surface area contributed by atoms with E-state index in [2.05, 4.69) is 5.32 Å². The monoisotopic (exact) mass is 263 g/mol. The lowest BCUT2D eigenvalue weighted by atomic mass is 10.2. The summed E-state index contributed by atoms with van der Waals surface area (Å²) < 4.78 is 10.6. The fourth-order valence-corrected chi connectivity index (χ4v) is 1.46. The first-order valence-electron chi connectivity index (χ1n) is 6.78. The van der Waals surface area contributed by atoms with Gasteiger partial charge in [-0.05, 0) is 33.6 Å². The first kappa shape index (κ1) is 17.8. The van der Waals surface area contributed by atoms with Crippen molar-refractivity contribution >= 4 is 0 Å². The second-order valence-corrected chi connectivity index (χ2v) is 4.82. The molecule has 2 atom stereocenters. The van der Waals surface area contributed by atoms with Gasteiger partial charge in [0.05, 0.1) is 32.0 Å². The Hall–Kier alpha value is -0.200. The van der Waals surface area contributed by atoms with Crippen molar-refractivity contribution < 1.29 is 19.7 Å². The van der Waals surface area contributed by atoms with Gasteiger partial charge in [0.2, 0.25) is 0 Å². The molecule has 0 aliphatic rings. The highest BCUT2D eigenvalue weighted by Crippen LogP contribution is 1.96. The van der Waals surface area contributed by atoms with Crippen LogP contribution in [0.1, 0.15) is 33.6 Å². The highest BCUT2D eigenvalue weighted by atomic mass is 16.5. The van der Waals surface area contributed by atoms with Crippen molar-refractivity contribution in [2.45, 2.75) is 51.9 Å². The summed E-state index contributed by atoms with van der Waals surface area (Å²) in [5.74, 6) is 0. The largest absolute Gasteiger partial charge is 0.396 e. The summed E-state index contributed by atoms with van der Waals surface area (Å²) in [6, 6.07) is 0.302. The number of aliphatic hydroxyl groups is 2. The average molecular weight is 263 g/mol. The summed E-state index contributed by atoms with van der Waals surface area (Å²) in [6.07, 6.45) is 1.41. The summed E-state index contributed by atoms with van der Waals surface area (Å²) in [7, 11) is 0. The van der Waals surface area contributed by atoms with E-state index < -0.39 is 6.10 Å². The van der Waals surface area contributed by atoms with Crippen molar-refractivity contribution in [3.63, 3.8) is 0 Å². The molecule has 110 valence electrons. The molecule has 18 heavy (non-hydrogen) atoms. The van der Waals surface area contributed by atoms with E-state index in [4.69, 9.17) is 14.6 Å². The molecule has 0 rings (SSSR count). The normalized spacial score (nSPS) is 15.0. The first-order valence-corrected chi connectivity index (χ1v) is 6.78. The van der Waals surface area contributed by atoms with E-state index in [-0.39, 0.29) is 12.7 Å². The Morgan fingerprint density at radius 1 is 1.17 bits per heavy atom. The van der Waals surface area contributed by atoms with Crippen LogP contribution in [0.5, 0.6) is 0 Å². The molecule has 0 saturated heterocycles. The number of ether oxygens (including phenoxy) is 2. The molecule has 2 unspecified atom stereocenters. The Balaban J connectivity index is 3.34. The molecule has 0 aromatic rings. The standard InChI is InChI=1S/C13H29NO4/c1-11(2)18-8-7-17-10-13(16)9-14-12(3)5-4-6-15/h11-16H,4-10H2,1-3H3. The van der Waals surface area contributed by atoms with Crippen LogP contribution < -0.4 is 5.32 Å². The molecule has 0 heterocycles. The molecule has 5 nitrogen and oxygen atoms in total. The number of nitrogens with one attached hydrogen (secondary N) is 1. The van der Waals surface area contributed by atoms with Crippen molar-refractivity contribution in [2.24, 2.45) is 0 Å². The number of hydrogen-bond acceptors (Lipinski definition) is 5. The van der Waals surface area contributed by atoms with E-state index >= 15 is 0 Å². The zero-order valence-electron chi connectivity index (χ0n) is 11.9. The van der Waals surface area contributed by atoms with Crippen LogP contribution in [0.2, 0.25) is 0 Å². The van der Waals surface area contributed by atoms with Gasteiger partial charge in [0.1, 0.15) is 0 Å². The molecule has 0 radical (unpaired) electrons. The Morgan fingerprint density at radius 2 is 1.89 bits per heavy atom. The SMILES string of the molecule is CC(CCCO)NCC(O)COCCOC(C)C. The third kappa shape index (κ3) is 12.3. The second kappa shape index (κ2) is 11.9. The Labute approximate surface area is 110 Å². The predicted octanol–water partition coefficient (Wildman–Crippen LogP) is 0.540. The lowest BCUT2D eigenvalue weighted by molar-refractivity contribution is -0.0104. The van der Waals surface area contributed by atoms with Crippen LogP contribution in [0, 0.1) is 0 Å². The fourth-order valence-electron chi connectivity index (χ4n) is 1.46. The summed E-state index contributed by atoms with van der Waals surface area (Å²) in [5, 5.41) is 21.5. The third-order valence-corrected chi connectivity index (χ3v) is 2.49. The Bertz CT molecular complexity index is 178. The molecule has 5 heteroatoms.